The van der Waals surface area contributed by atoms with Crippen molar-refractivity contribution in [2.75, 3.05) is 13.2 Å². The van der Waals surface area contributed by atoms with E-state index in [9.17, 15) is 9.90 Å². The van der Waals surface area contributed by atoms with Crippen molar-refractivity contribution in [2.45, 2.75) is 44.9 Å². The van der Waals surface area contributed by atoms with Crippen LogP contribution in [0.25, 0.3) is 21.9 Å². The van der Waals surface area contributed by atoms with Crippen LogP contribution in [0.5, 0.6) is 0 Å². The lowest BCUT2D eigenvalue weighted by atomic mass is 9.93. The summed E-state index contributed by atoms with van der Waals surface area (Å²) in [6.07, 6.45) is -0.0582. The van der Waals surface area contributed by atoms with Gasteiger partial charge in [-0.1, -0.05) is 78.9 Å². The molecular formula is C32H36N2O4. The van der Waals surface area contributed by atoms with Crippen LogP contribution in [0, 0.1) is 0 Å². The van der Waals surface area contributed by atoms with Crippen LogP contribution in [-0.2, 0) is 11.2 Å². The molecule has 0 aliphatic rings. The average Bonchev–Trinajstić information content (AvgIpc) is 2.94. The number of rotatable bonds is 11. The molecule has 2 atom stereocenters. The van der Waals surface area contributed by atoms with E-state index in [4.69, 9.17) is 9.94 Å². The molecule has 0 bridgehead atoms. The number of fused-ring (bicyclic) bond motifs is 1. The molecule has 0 aliphatic carbocycles. The molecule has 6 heteroatoms. The summed E-state index contributed by atoms with van der Waals surface area (Å²) in [5, 5.41) is 25.5. The summed E-state index contributed by atoms with van der Waals surface area (Å²) >= 11 is 0. The zero-order valence-electron chi connectivity index (χ0n) is 22.1. The maximum absolute atomic E-state index is 11.6. The summed E-state index contributed by atoms with van der Waals surface area (Å²) in [4.78, 5) is 11.6. The molecule has 0 aromatic heterocycles. The number of hydrogen-bond donors (Lipinski definition) is 4. The first-order valence-corrected chi connectivity index (χ1v) is 12.9. The van der Waals surface area contributed by atoms with Crippen molar-refractivity contribution < 1.29 is 19.8 Å². The highest BCUT2D eigenvalue weighted by Gasteiger charge is 2.20. The minimum Gasteiger partial charge on any atom is -0.389 e. The van der Waals surface area contributed by atoms with Gasteiger partial charge in [0.15, 0.2) is 0 Å². The molecule has 0 radical (unpaired) electrons. The van der Waals surface area contributed by atoms with Crippen molar-refractivity contribution in [3.05, 3.63) is 108 Å². The van der Waals surface area contributed by atoms with Crippen molar-refractivity contribution in [3.8, 4) is 11.1 Å². The van der Waals surface area contributed by atoms with Crippen LogP contribution in [0.2, 0.25) is 0 Å². The zero-order valence-corrected chi connectivity index (χ0v) is 22.1. The van der Waals surface area contributed by atoms with Gasteiger partial charge in [-0.25, -0.2) is 5.48 Å². The Labute approximate surface area is 224 Å². The molecule has 4 aromatic carbocycles. The average molecular weight is 513 g/mol. The molecule has 6 nitrogen and oxygen atoms in total. The summed E-state index contributed by atoms with van der Waals surface area (Å²) in [7, 11) is 0. The molecule has 4 rings (SSSR count). The van der Waals surface area contributed by atoms with Crippen molar-refractivity contribution >= 4 is 16.7 Å². The lowest BCUT2D eigenvalue weighted by Gasteiger charge is -2.28. The Morgan fingerprint density at radius 3 is 2.34 bits per heavy atom. The molecule has 0 saturated heterocycles. The van der Waals surface area contributed by atoms with Crippen molar-refractivity contribution in [2.24, 2.45) is 0 Å². The number of aliphatic hydroxyl groups excluding tert-OH is 1. The molecule has 198 valence electrons. The van der Waals surface area contributed by atoms with Gasteiger partial charge in [0, 0.05) is 17.6 Å². The van der Waals surface area contributed by atoms with Gasteiger partial charge in [0.2, 0.25) is 0 Å². The second-order valence-corrected chi connectivity index (χ2v) is 10.4. The highest BCUT2D eigenvalue weighted by molar-refractivity contribution is 5.93. The van der Waals surface area contributed by atoms with Gasteiger partial charge in [-0.05, 0) is 72.4 Å². The predicted molar refractivity (Wildman–Crippen MR) is 151 cm³/mol. The Balaban J connectivity index is 1.32. The number of aliphatic hydroxyl groups is 1. The molecule has 4 N–H and O–H groups in total. The molecule has 0 fully saturated rings. The smallest absolute Gasteiger partial charge is 0.274 e. The number of benzene rings is 4. The normalized spacial score (nSPS) is 13.3. The van der Waals surface area contributed by atoms with E-state index in [1.165, 1.54) is 16.3 Å². The van der Waals surface area contributed by atoms with E-state index in [1.807, 2.05) is 43.3 Å². The van der Waals surface area contributed by atoms with Gasteiger partial charge in [-0.3, -0.25) is 10.0 Å². The number of hydroxylamine groups is 1. The number of amides is 1. The Morgan fingerprint density at radius 2 is 1.61 bits per heavy atom. The van der Waals surface area contributed by atoms with Crippen LogP contribution in [0.1, 0.15) is 48.4 Å². The molecule has 1 amide bonds. The fraction of sp³-hybridized carbons (Fsp3) is 0.281. The summed E-state index contributed by atoms with van der Waals surface area (Å²) in [5.41, 5.74) is 5.99. The standard InChI is InChI=1S/C32H36N2O4/c1-22(29-10-6-7-11-30(29)25-14-16-26(17-15-25)31(36)34-37)38-21-28(35)20-33-32(2,3)19-23-12-13-24-8-4-5-9-27(24)18-23/h4-18,22,28,33,35,37H,19-21H2,1-3H3,(H,34,36)/t22-,28-/m1/s1. The predicted octanol–water partition coefficient (Wildman–Crippen LogP) is 5.68. The fourth-order valence-corrected chi connectivity index (χ4v) is 4.70. The number of carbonyl (C=O) groups excluding carboxylic acids is 1. The number of nitrogens with one attached hydrogen (secondary N) is 2. The van der Waals surface area contributed by atoms with E-state index in [1.54, 1.807) is 17.6 Å². The molecule has 0 spiro atoms. The molecule has 38 heavy (non-hydrogen) atoms. The second kappa shape index (κ2) is 12.3. The van der Waals surface area contributed by atoms with Crippen LogP contribution in [0.3, 0.4) is 0 Å². The summed E-state index contributed by atoms with van der Waals surface area (Å²) in [6.45, 7) is 6.87. The lowest BCUT2D eigenvalue weighted by Crippen LogP contribution is -2.46. The van der Waals surface area contributed by atoms with Crippen LogP contribution in [-0.4, -0.2) is 41.0 Å². The molecule has 0 heterocycles. The third-order valence-corrected chi connectivity index (χ3v) is 6.77. The maximum Gasteiger partial charge on any atom is 0.274 e. The van der Waals surface area contributed by atoms with Crippen molar-refractivity contribution in [1.29, 1.82) is 0 Å². The molecule has 0 aliphatic heterocycles. The topological polar surface area (TPSA) is 90.8 Å². The SMILES string of the molecule is C[C@@H](OC[C@H](O)CNC(C)(C)Cc1ccc2ccccc2c1)c1ccccc1-c1ccc(C(=O)NO)cc1. The Kier molecular flexibility index (Phi) is 8.92. The number of β-amino-alcohol motifs (C(OH)–C–C–N with tert-alkyl or cyclic N) is 1. The molecule has 0 saturated carbocycles. The van der Waals surface area contributed by atoms with Crippen molar-refractivity contribution in [3.63, 3.8) is 0 Å². The van der Waals surface area contributed by atoms with E-state index in [2.05, 4.69) is 61.6 Å². The van der Waals surface area contributed by atoms with Gasteiger partial charge in [0.05, 0.1) is 18.8 Å². The molecule has 0 unspecified atom stereocenters. The van der Waals surface area contributed by atoms with Crippen LogP contribution in [0.4, 0.5) is 0 Å². The van der Waals surface area contributed by atoms with Gasteiger partial charge in [-0.15, -0.1) is 0 Å². The summed E-state index contributed by atoms with van der Waals surface area (Å²) < 4.78 is 6.08. The van der Waals surface area contributed by atoms with Gasteiger partial charge in [0.1, 0.15) is 0 Å². The van der Waals surface area contributed by atoms with E-state index in [0.717, 1.165) is 23.1 Å². The Bertz CT molecular complexity index is 1370. The third kappa shape index (κ3) is 7.05. The highest BCUT2D eigenvalue weighted by atomic mass is 16.5. The van der Waals surface area contributed by atoms with Gasteiger partial charge in [0.25, 0.3) is 5.91 Å². The third-order valence-electron chi connectivity index (χ3n) is 6.77. The van der Waals surface area contributed by atoms with E-state index in [-0.39, 0.29) is 18.2 Å². The zero-order chi connectivity index (χ0) is 27.1. The minimum atomic E-state index is -0.656. The lowest BCUT2D eigenvalue weighted by molar-refractivity contribution is -0.00397. The monoisotopic (exact) mass is 512 g/mol. The fourth-order valence-electron chi connectivity index (χ4n) is 4.70. The maximum atomic E-state index is 11.6. The first-order chi connectivity index (χ1) is 18.3. The van der Waals surface area contributed by atoms with Crippen LogP contribution in [0.15, 0.2) is 91.0 Å². The first kappa shape index (κ1) is 27.5. The summed E-state index contributed by atoms with van der Waals surface area (Å²) in [5.74, 6) is -0.551. The number of carbonyl (C=O) groups is 1. The van der Waals surface area contributed by atoms with Gasteiger partial charge < -0.3 is 15.2 Å². The quantitative estimate of drug-likeness (QED) is 0.153. The largest absolute Gasteiger partial charge is 0.389 e. The second-order valence-electron chi connectivity index (χ2n) is 10.4. The molecular weight excluding hydrogens is 476 g/mol. The summed E-state index contributed by atoms with van der Waals surface area (Å²) in [6, 6.07) is 29.8. The highest BCUT2D eigenvalue weighted by Crippen LogP contribution is 2.30. The van der Waals surface area contributed by atoms with Gasteiger partial charge >= 0.3 is 0 Å². The van der Waals surface area contributed by atoms with Gasteiger partial charge in [-0.2, -0.15) is 0 Å². The van der Waals surface area contributed by atoms with Crippen molar-refractivity contribution in [1.82, 2.24) is 10.8 Å². The molecule has 4 aromatic rings. The van der Waals surface area contributed by atoms with E-state index >= 15 is 0 Å². The van der Waals surface area contributed by atoms with Crippen LogP contribution >= 0.6 is 0 Å². The van der Waals surface area contributed by atoms with Crippen LogP contribution < -0.4 is 10.8 Å². The minimum absolute atomic E-state index is 0.194. The number of hydrogen-bond acceptors (Lipinski definition) is 5. The Hall–Kier alpha value is -3.55. The Morgan fingerprint density at radius 1 is 0.921 bits per heavy atom. The van der Waals surface area contributed by atoms with E-state index in [0.29, 0.717) is 12.1 Å². The first-order valence-electron chi connectivity index (χ1n) is 12.9. The number of ether oxygens (including phenoxy) is 1. The van der Waals surface area contributed by atoms with E-state index < -0.39 is 12.0 Å².